The Morgan fingerprint density at radius 2 is 2.22 bits per heavy atom. The average Bonchev–Trinajstić information content (AvgIpc) is 2.33. The molecular formula is C11H15BrN2O4. The molecule has 0 aliphatic heterocycles. The van der Waals surface area contributed by atoms with Crippen molar-refractivity contribution < 1.29 is 15.1 Å². The van der Waals surface area contributed by atoms with E-state index < -0.39 is 11.0 Å². The molecule has 100 valence electrons. The molecule has 0 heterocycles. The molecule has 6 nitrogen and oxygen atoms in total. The molecule has 3 N–H and O–H groups in total. The summed E-state index contributed by atoms with van der Waals surface area (Å²) in [5, 5.41) is 31.7. The number of benzene rings is 1. The Hall–Kier alpha value is -1.18. The van der Waals surface area contributed by atoms with Crippen molar-refractivity contribution in [2.24, 2.45) is 0 Å². The Morgan fingerprint density at radius 1 is 1.56 bits per heavy atom. The van der Waals surface area contributed by atoms with Crippen LogP contribution in [0, 0.1) is 17.0 Å². The molecule has 1 aromatic carbocycles. The van der Waals surface area contributed by atoms with Gasteiger partial charge in [0, 0.05) is 16.6 Å². The van der Waals surface area contributed by atoms with Crippen LogP contribution in [-0.4, -0.2) is 34.4 Å². The number of rotatable bonds is 6. The van der Waals surface area contributed by atoms with E-state index in [0.29, 0.717) is 28.7 Å². The number of halogens is 1. The number of nitro groups is 1. The van der Waals surface area contributed by atoms with Crippen LogP contribution in [0.4, 0.5) is 11.4 Å². The zero-order valence-electron chi connectivity index (χ0n) is 9.89. The van der Waals surface area contributed by atoms with Crippen molar-refractivity contribution in [1.29, 1.82) is 0 Å². The summed E-state index contributed by atoms with van der Waals surface area (Å²) in [7, 11) is 0. The Balaban J connectivity index is 2.83. The van der Waals surface area contributed by atoms with Crippen LogP contribution in [0.2, 0.25) is 0 Å². The number of nitrogens with zero attached hydrogens (tertiary/aromatic N) is 1. The van der Waals surface area contributed by atoms with Gasteiger partial charge < -0.3 is 15.5 Å². The molecule has 0 radical (unpaired) electrons. The van der Waals surface area contributed by atoms with Crippen LogP contribution in [-0.2, 0) is 0 Å². The van der Waals surface area contributed by atoms with E-state index in [-0.39, 0.29) is 12.3 Å². The first-order valence-electron chi connectivity index (χ1n) is 5.43. The molecule has 0 saturated heterocycles. The second-order valence-electron chi connectivity index (χ2n) is 3.88. The minimum Gasteiger partial charge on any atom is -0.394 e. The highest BCUT2D eigenvalue weighted by Gasteiger charge is 2.19. The highest BCUT2D eigenvalue weighted by atomic mass is 79.9. The smallest absolute Gasteiger partial charge is 0.296 e. The van der Waals surface area contributed by atoms with Crippen molar-refractivity contribution in [2.75, 3.05) is 18.5 Å². The fraction of sp³-hybridized carbons (Fsp3) is 0.455. The van der Waals surface area contributed by atoms with E-state index in [4.69, 9.17) is 5.11 Å². The van der Waals surface area contributed by atoms with Gasteiger partial charge in [-0.1, -0.05) is 15.9 Å². The fourth-order valence-corrected chi connectivity index (χ4v) is 1.84. The van der Waals surface area contributed by atoms with E-state index >= 15 is 0 Å². The van der Waals surface area contributed by atoms with E-state index in [0.717, 1.165) is 0 Å². The molecule has 0 aliphatic carbocycles. The molecule has 0 aliphatic rings. The van der Waals surface area contributed by atoms with Crippen molar-refractivity contribution in [2.45, 2.75) is 19.4 Å². The number of hydrogen-bond acceptors (Lipinski definition) is 5. The number of aliphatic hydroxyl groups is 2. The van der Waals surface area contributed by atoms with Crippen molar-refractivity contribution in [3.8, 4) is 0 Å². The van der Waals surface area contributed by atoms with Gasteiger partial charge in [-0.3, -0.25) is 10.1 Å². The van der Waals surface area contributed by atoms with Gasteiger partial charge in [-0.2, -0.15) is 0 Å². The molecular weight excluding hydrogens is 304 g/mol. The number of nitrogens with one attached hydrogen (secondary N) is 1. The van der Waals surface area contributed by atoms with Gasteiger partial charge in [-0.15, -0.1) is 0 Å². The summed E-state index contributed by atoms with van der Waals surface area (Å²) < 4.78 is 0.676. The zero-order chi connectivity index (χ0) is 13.7. The van der Waals surface area contributed by atoms with Gasteiger partial charge in [0.2, 0.25) is 0 Å². The lowest BCUT2D eigenvalue weighted by atomic mass is 10.1. The highest BCUT2D eigenvalue weighted by Crippen LogP contribution is 2.33. The standard InChI is InChI=1S/C11H15BrN2O4/c1-7-9(12)2-3-10(11(7)14(17)18)13-5-4-8(16)6-15/h2-3,8,13,15-16H,4-6H2,1H3/t8-/m0/s1. The van der Waals surface area contributed by atoms with Crippen LogP contribution in [0.25, 0.3) is 0 Å². The number of nitro benzene ring substituents is 1. The molecule has 0 fully saturated rings. The quantitative estimate of drug-likeness (QED) is 0.549. The van der Waals surface area contributed by atoms with Crippen LogP contribution < -0.4 is 5.32 Å². The third kappa shape index (κ3) is 3.66. The molecule has 0 saturated carbocycles. The van der Waals surface area contributed by atoms with Crippen LogP contribution in [0.5, 0.6) is 0 Å². The number of anilines is 1. The topological polar surface area (TPSA) is 95.6 Å². The van der Waals surface area contributed by atoms with E-state index in [1.54, 1.807) is 19.1 Å². The van der Waals surface area contributed by atoms with E-state index in [9.17, 15) is 15.2 Å². The molecule has 0 spiro atoms. The van der Waals surface area contributed by atoms with Gasteiger partial charge >= 0.3 is 0 Å². The van der Waals surface area contributed by atoms with Gasteiger partial charge in [-0.25, -0.2) is 0 Å². The fourth-order valence-electron chi connectivity index (χ4n) is 1.52. The molecule has 7 heteroatoms. The summed E-state index contributed by atoms with van der Waals surface area (Å²) in [5.41, 5.74) is 0.974. The maximum atomic E-state index is 11.0. The first kappa shape index (κ1) is 14.9. The molecule has 18 heavy (non-hydrogen) atoms. The third-order valence-electron chi connectivity index (χ3n) is 2.55. The van der Waals surface area contributed by atoms with Gasteiger partial charge in [-0.05, 0) is 25.5 Å². The first-order valence-corrected chi connectivity index (χ1v) is 6.23. The number of hydrogen-bond donors (Lipinski definition) is 3. The Kier molecular flexibility index (Phi) is 5.52. The maximum Gasteiger partial charge on any atom is 0.296 e. The molecule has 1 aromatic rings. The lowest BCUT2D eigenvalue weighted by Gasteiger charge is -2.11. The molecule has 0 amide bonds. The summed E-state index contributed by atoms with van der Waals surface area (Å²) in [4.78, 5) is 10.6. The van der Waals surface area contributed by atoms with Crippen LogP contribution >= 0.6 is 15.9 Å². The van der Waals surface area contributed by atoms with Gasteiger partial charge in [0.1, 0.15) is 5.69 Å². The summed E-state index contributed by atoms with van der Waals surface area (Å²) in [6, 6.07) is 3.34. The summed E-state index contributed by atoms with van der Waals surface area (Å²) in [5.74, 6) is 0. The van der Waals surface area contributed by atoms with Crippen LogP contribution in [0.15, 0.2) is 16.6 Å². The van der Waals surface area contributed by atoms with Crippen molar-refractivity contribution in [3.63, 3.8) is 0 Å². The molecule has 1 rings (SSSR count). The van der Waals surface area contributed by atoms with Gasteiger partial charge in [0.15, 0.2) is 0 Å². The predicted octanol–water partition coefficient (Wildman–Crippen LogP) is 1.82. The lowest BCUT2D eigenvalue weighted by Crippen LogP contribution is -2.17. The summed E-state index contributed by atoms with van der Waals surface area (Å²) >= 11 is 3.25. The van der Waals surface area contributed by atoms with Crippen LogP contribution in [0.1, 0.15) is 12.0 Å². The monoisotopic (exact) mass is 318 g/mol. The molecule has 0 unspecified atom stereocenters. The molecule has 1 atom stereocenters. The number of aliphatic hydroxyl groups excluding tert-OH is 2. The predicted molar refractivity (Wildman–Crippen MR) is 71.7 cm³/mol. The second kappa shape index (κ2) is 6.67. The average molecular weight is 319 g/mol. The van der Waals surface area contributed by atoms with E-state index in [1.807, 2.05) is 0 Å². The minimum absolute atomic E-state index is 0.0165. The SMILES string of the molecule is Cc1c(Br)ccc(NCC[C@H](O)CO)c1[N+](=O)[O-]. The Labute approximate surface area is 113 Å². The Bertz CT molecular complexity index is 439. The normalized spacial score (nSPS) is 12.2. The maximum absolute atomic E-state index is 11.0. The van der Waals surface area contributed by atoms with Crippen LogP contribution in [0.3, 0.4) is 0 Å². The van der Waals surface area contributed by atoms with E-state index in [2.05, 4.69) is 21.2 Å². The minimum atomic E-state index is -0.812. The molecule has 0 bridgehead atoms. The van der Waals surface area contributed by atoms with Gasteiger partial charge in [0.25, 0.3) is 5.69 Å². The first-order chi connectivity index (χ1) is 8.47. The van der Waals surface area contributed by atoms with Gasteiger partial charge in [0.05, 0.1) is 17.6 Å². The van der Waals surface area contributed by atoms with Crippen molar-refractivity contribution >= 4 is 27.3 Å². The summed E-state index contributed by atoms with van der Waals surface area (Å²) in [6.07, 6.45) is -0.490. The third-order valence-corrected chi connectivity index (χ3v) is 3.41. The zero-order valence-corrected chi connectivity index (χ0v) is 11.5. The largest absolute Gasteiger partial charge is 0.394 e. The highest BCUT2D eigenvalue weighted by molar-refractivity contribution is 9.10. The van der Waals surface area contributed by atoms with Crippen molar-refractivity contribution in [1.82, 2.24) is 0 Å². The van der Waals surface area contributed by atoms with Crippen molar-refractivity contribution in [3.05, 3.63) is 32.3 Å². The Morgan fingerprint density at radius 3 is 2.78 bits per heavy atom. The summed E-state index contributed by atoms with van der Waals surface area (Å²) in [6.45, 7) is 1.70. The lowest BCUT2D eigenvalue weighted by molar-refractivity contribution is -0.384. The van der Waals surface area contributed by atoms with E-state index in [1.165, 1.54) is 0 Å². The second-order valence-corrected chi connectivity index (χ2v) is 4.73. The molecule has 0 aromatic heterocycles.